The van der Waals surface area contributed by atoms with Crippen molar-refractivity contribution < 1.29 is 67.5 Å². The molecule has 0 aliphatic heterocycles. The van der Waals surface area contributed by atoms with Gasteiger partial charge in [-0.1, -0.05) is 42.5 Å². The first-order valence-corrected chi connectivity index (χ1v) is 24.7. The highest BCUT2D eigenvalue weighted by atomic mass is 32.2. The molecule has 0 atom stereocenters. The molecule has 2 aromatic heterocycles. The average Bonchev–Trinajstić information content (AvgIpc) is 3.28. The van der Waals surface area contributed by atoms with Crippen molar-refractivity contribution in [3.05, 3.63) is 151 Å². The Hall–Kier alpha value is -6.85. The van der Waals surface area contributed by atoms with Crippen LogP contribution in [0, 0.1) is 0 Å². The van der Waals surface area contributed by atoms with Gasteiger partial charge < -0.3 is 28.8 Å². The number of hydrogen-bond donors (Lipinski definition) is 3. The van der Waals surface area contributed by atoms with E-state index in [2.05, 4.69) is 10.0 Å². The lowest BCUT2D eigenvalue weighted by Gasteiger charge is -2.21. The van der Waals surface area contributed by atoms with Crippen molar-refractivity contribution in [3.8, 4) is 22.6 Å². The first-order chi connectivity index (χ1) is 31.9. The van der Waals surface area contributed by atoms with Gasteiger partial charge in [0.25, 0.3) is 5.91 Å². The zero-order valence-corrected chi connectivity index (χ0v) is 37.7. The van der Waals surface area contributed by atoms with E-state index in [1.54, 1.807) is 18.2 Å². The lowest BCUT2D eigenvalue weighted by atomic mass is 9.93. The monoisotopic (exact) mass is 961 g/mol. The Labute approximate surface area is 385 Å². The first kappa shape index (κ1) is 46.7. The number of sulfonamides is 1. The van der Waals surface area contributed by atoms with E-state index in [1.165, 1.54) is 12.1 Å². The number of esters is 1. The quantitative estimate of drug-likeness (QED) is 0.0224. The molecule has 6 aromatic carbocycles. The molecule has 0 spiro atoms. The molecular weight excluding hydrogens is 924 g/mol. The van der Waals surface area contributed by atoms with Crippen molar-refractivity contribution in [1.82, 2.24) is 10.0 Å². The van der Waals surface area contributed by atoms with Crippen molar-refractivity contribution in [2.75, 3.05) is 13.1 Å². The van der Waals surface area contributed by atoms with Gasteiger partial charge in [-0.3, -0.25) is 9.59 Å². The maximum absolute atomic E-state index is 13.8. The highest BCUT2D eigenvalue weighted by Crippen LogP contribution is 2.45. The Morgan fingerprint density at radius 2 is 1.18 bits per heavy atom. The molecule has 2 heterocycles. The minimum absolute atomic E-state index is 0.0461. The van der Waals surface area contributed by atoms with Gasteiger partial charge in [-0.25, -0.2) is 39.1 Å². The number of pyridine rings is 2. The Kier molecular flexibility index (Phi) is 13.1. The Balaban J connectivity index is 0.895. The Morgan fingerprint density at radius 1 is 0.642 bits per heavy atom. The summed E-state index contributed by atoms with van der Waals surface area (Å²) in [6.07, 6.45) is 8.01. The van der Waals surface area contributed by atoms with E-state index in [-0.39, 0.29) is 57.6 Å². The van der Waals surface area contributed by atoms with Gasteiger partial charge in [0.1, 0.15) is 31.7 Å². The van der Waals surface area contributed by atoms with Crippen molar-refractivity contribution in [2.45, 2.75) is 41.1 Å². The predicted molar refractivity (Wildman–Crippen MR) is 241 cm³/mol. The third-order valence-corrected chi connectivity index (χ3v) is 14.2. The highest BCUT2D eigenvalue weighted by molar-refractivity contribution is 7.90. The predicted octanol–water partition coefficient (Wildman–Crippen LogP) is 3.66. The first-order valence-electron chi connectivity index (χ1n) is 20.4. The van der Waals surface area contributed by atoms with E-state index < -0.39 is 56.8 Å². The van der Waals surface area contributed by atoms with Crippen molar-refractivity contribution in [3.63, 3.8) is 0 Å². The fourth-order valence-electron chi connectivity index (χ4n) is 7.89. The van der Waals surface area contributed by atoms with Crippen LogP contribution in [-0.4, -0.2) is 72.0 Å². The molecule has 0 saturated carbocycles. The van der Waals surface area contributed by atoms with Crippen molar-refractivity contribution >= 4 is 82.1 Å². The SMILES string of the molecule is CC(=O)Oc1cc(S(=O)(=O)[O-])c2ccc3c(S(=O)(=O)[O-])cc(S(=O)(=O)NCCCNC(=O)c4ccc(C[n+]5ccc(-c6cc[n+](Cc7cccc(O[B]O)c7)cc6)cc5)cc4)c4ccc1c2c34. The highest BCUT2D eigenvalue weighted by Gasteiger charge is 2.27. The summed E-state index contributed by atoms with van der Waals surface area (Å²) in [5, 5.41) is 10.9. The molecule has 8 aromatic rings. The van der Waals surface area contributed by atoms with Gasteiger partial charge in [0.15, 0.2) is 37.9 Å². The molecule has 21 heteroatoms. The zero-order chi connectivity index (χ0) is 47.7. The van der Waals surface area contributed by atoms with E-state index in [1.807, 2.05) is 88.5 Å². The maximum atomic E-state index is 13.8. The number of carbonyl (C=O) groups is 2. The van der Waals surface area contributed by atoms with Gasteiger partial charge in [-0.2, -0.15) is 0 Å². The van der Waals surface area contributed by atoms with Gasteiger partial charge in [-0.05, 0) is 60.0 Å². The number of ether oxygens (including phenoxy) is 1. The molecule has 0 unspecified atom stereocenters. The number of aromatic nitrogens is 2. The van der Waals surface area contributed by atoms with E-state index >= 15 is 0 Å². The summed E-state index contributed by atoms with van der Waals surface area (Å²) >= 11 is 0. The second-order valence-electron chi connectivity index (χ2n) is 15.4. The summed E-state index contributed by atoms with van der Waals surface area (Å²) in [6, 6.07) is 28.9. The van der Waals surface area contributed by atoms with Crippen LogP contribution in [-0.2, 0) is 48.1 Å². The lowest BCUT2D eigenvalue weighted by molar-refractivity contribution is -0.688. The summed E-state index contributed by atoms with van der Waals surface area (Å²) in [4.78, 5) is 22.6. The number of nitrogens with one attached hydrogen (secondary N) is 2. The van der Waals surface area contributed by atoms with Crippen LogP contribution in [0.4, 0.5) is 0 Å². The zero-order valence-electron chi connectivity index (χ0n) is 35.3. The van der Waals surface area contributed by atoms with Gasteiger partial charge in [0.2, 0.25) is 10.0 Å². The number of hydrogen-bond acceptors (Lipinski definition) is 13. The molecule has 3 N–H and O–H groups in total. The minimum Gasteiger partial charge on any atom is -0.744 e. The van der Waals surface area contributed by atoms with Crippen LogP contribution >= 0.6 is 0 Å². The summed E-state index contributed by atoms with van der Waals surface area (Å²) < 4.78 is 119. The molecule has 0 fully saturated rings. The molecule has 67 heavy (non-hydrogen) atoms. The molecule has 0 saturated heterocycles. The summed E-state index contributed by atoms with van der Waals surface area (Å²) in [7, 11) is -14.5. The van der Waals surface area contributed by atoms with E-state index in [4.69, 9.17) is 14.4 Å². The summed E-state index contributed by atoms with van der Waals surface area (Å²) in [6.45, 7) is 2.02. The van der Waals surface area contributed by atoms with E-state index in [0.717, 1.165) is 47.4 Å². The summed E-state index contributed by atoms with van der Waals surface area (Å²) in [5.41, 5.74) is 4.40. The molecule has 0 aliphatic rings. The number of benzene rings is 6. The topological polar surface area (TPSA) is 253 Å². The number of carbonyl (C=O) groups excluding carboxylic acids is 2. The van der Waals surface area contributed by atoms with Crippen molar-refractivity contribution in [2.24, 2.45) is 0 Å². The van der Waals surface area contributed by atoms with E-state index in [9.17, 15) is 43.9 Å². The van der Waals surface area contributed by atoms with Gasteiger partial charge >= 0.3 is 13.7 Å². The van der Waals surface area contributed by atoms with Gasteiger partial charge in [0.05, 0.1) is 14.7 Å². The largest absolute Gasteiger partial charge is 0.744 e. The summed E-state index contributed by atoms with van der Waals surface area (Å²) in [5.74, 6) is -1.08. The average molecular weight is 962 g/mol. The number of nitrogens with zero attached hydrogens (tertiary/aromatic N) is 2. The van der Waals surface area contributed by atoms with Crippen LogP contribution in [0.2, 0.25) is 0 Å². The molecule has 17 nitrogen and oxygen atoms in total. The second kappa shape index (κ2) is 18.8. The standard InChI is InChI=1S/C46H38BN4O13S3/c1-29(52)63-40-25-42(66(57,58)59)38-12-13-39-43(67(60,61)62)26-41(37-11-10-36(40)44(38)45(37)39)65(55,56)49-19-3-18-48-46(53)34-8-6-30(7-9-34)27-50-20-14-32(15-21-50)33-16-22-51(23-17-33)28-31-4-2-5-35(24-31)64-47-54/h2,4-17,20-26,49,54H,3,18-19,27-28H2,1H3,(H-2,48,53,57,58,59,60,61,62). The van der Waals surface area contributed by atoms with Crippen LogP contribution in [0.25, 0.3) is 43.4 Å². The van der Waals surface area contributed by atoms with Gasteiger partial charge in [-0.15, -0.1) is 0 Å². The van der Waals surface area contributed by atoms with Gasteiger partial charge in [0, 0.05) is 93.3 Å². The smallest absolute Gasteiger partial charge is 0.569 e. The molecular formula is C46H38BN4O13S3. The molecule has 8 rings (SSSR count). The second-order valence-corrected chi connectivity index (χ2v) is 19.8. The molecule has 341 valence electrons. The third-order valence-electron chi connectivity index (χ3n) is 10.9. The minimum atomic E-state index is -5.35. The molecule has 1 radical (unpaired) electrons. The third kappa shape index (κ3) is 10.3. The van der Waals surface area contributed by atoms with Crippen LogP contribution in [0.1, 0.15) is 34.8 Å². The molecule has 0 aliphatic carbocycles. The normalized spacial score (nSPS) is 12.1. The van der Waals surface area contributed by atoms with Crippen LogP contribution in [0.15, 0.2) is 149 Å². The molecule has 1 amide bonds. The maximum Gasteiger partial charge on any atom is 0.569 e. The van der Waals surface area contributed by atoms with Crippen LogP contribution < -0.4 is 28.6 Å². The Bertz CT molecular complexity index is 3540. The number of rotatable bonds is 17. The van der Waals surface area contributed by atoms with Crippen LogP contribution in [0.3, 0.4) is 0 Å². The fraction of sp³-hybridized carbons (Fsp3) is 0.130. The lowest BCUT2D eigenvalue weighted by Crippen LogP contribution is -2.33. The molecule has 0 bridgehead atoms. The van der Waals surface area contributed by atoms with Crippen molar-refractivity contribution in [1.29, 1.82) is 0 Å². The number of amides is 1. The van der Waals surface area contributed by atoms with E-state index in [0.29, 0.717) is 38.2 Å². The van der Waals surface area contributed by atoms with Crippen LogP contribution in [0.5, 0.6) is 11.5 Å². The fourth-order valence-corrected chi connectivity index (χ4v) is 10.7. The Morgan fingerprint density at radius 3 is 1.75 bits per heavy atom.